The van der Waals surface area contributed by atoms with E-state index in [-0.39, 0.29) is 11.7 Å². The lowest BCUT2D eigenvalue weighted by atomic mass is 9.86. The van der Waals surface area contributed by atoms with Crippen molar-refractivity contribution in [1.29, 1.82) is 0 Å². The number of fused-ring (bicyclic) bond motifs is 2. The lowest BCUT2D eigenvalue weighted by Crippen LogP contribution is -2.43. The fraction of sp³-hybridized carbons (Fsp3) is 0.684. The van der Waals surface area contributed by atoms with Crippen molar-refractivity contribution in [3.63, 3.8) is 0 Å². The van der Waals surface area contributed by atoms with Crippen molar-refractivity contribution in [2.75, 3.05) is 20.2 Å². The molecule has 0 amide bonds. The maximum absolute atomic E-state index is 13.9. The zero-order valence-corrected chi connectivity index (χ0v) is 13.7. The SMILES string of the molecule is COc1c(F)cc(F)cc1C1CCN([C@H]2C[C@H]3CC[C@H]2C3)CC1. The molecular weight excluding hydrogens is 296 g/mol. The number of benzene rings is 1. The Morgan fingerprint density at radius 2 is 1.83 bits per heavy atom. The van der Waals surface area contributed by atoms with E-state index in [0.29, 0.717) is 5.56 Å². The molecule has 4 heteroatoms. The Bertz CT molecular complexity index is 583. The Kier molecular flexibility index (Phi) is 4.04. The summed E-state index contributed by atoms with van der Waals surface area (Å²) in [5.41, 5.74) is 0.706. The Labute approximate surface area is 136 Å². The van der Waals surface area contributed by atoms with Crippen molar-refractivity contribution >= 4 is 0 Å². The minimum absolute atomic E-state index is 0.199. The van der Waals surface area contributed by atoms with Crippen LogP contribution < -0.4 is 4.74 Å². The first kappa shape index (κ1) is 15.4. The number of nitrogens with zero attached hydrogens (tertiary/aromatic N) is 1. The van der Waals surface area contributed by atoms with Crippen LogP contribution in [0.5, 0.6) is 5.75 Å². The molecular formula is C19H25F2NO. The van der Waals surface area contributed by atoms with Crippen molar-refractivity contribution in [3.8, 4) is 5.75 Å². The van der Waals surface area contributed by atoms with Gasteiger partial charge in [0.2, 0.25) is 0 Å². The summed E-state index contributed by atoms with van der Waals surface area (Å²) < 4.78 is 32.7. The van der Waals surface area contributed by atoms with Gasteiger partial charge in [-0.25, -0.2) is 8.78 Å². The highest BCUT2D eigenvalue weighted by Crippen LogP contribution is 2.48. The second-order valence-electron chi connectivity index (χ2n) is 7.56. The summed E-state index contributed by atoms with van der Waals surface area (Å²) in [6.45, 7) is 2.08. The highest BCUT2D eigenvalue weighted by molar-refractivity contribution is 5.38. The van der Waals surface area contributed by atoms with Gasteiger partial charge in [-0.05, 0) is 69.0 Å². The lowest BCUT2D eigenvalue weighted by Gasteiger charge is -2.40. The number of hydrogen-bond acceptors (Lipinski definition) is 2. The molecule has 126 valence electrons. The molecule has 3 fully saturated rings. The van der Waals surface area contributed by atoms with E-state index >= 15 is 0 Å². The van der Waals surface area contributed by atoms with Gasteiger partial charge in [0.25, 0.3) is 0 Å². The van der Waals surface area contributed by atoms with Gasteiger partial charge in [0.05, 0.1) is 7.11 Å². The van der Waals surface area contributed by atoms with Crippen molar-refractivity contribution in [2.24, 2.45) is 11.8 Å². The number of rotatable bonds is 3. The third-order valence-corrected chi connectivity index (χ3v) is 6.38. The molecule has 0 aromatic heterocycles. The Balaban J connectivity index is 1.46. The van der Waals surface area contributed by atoms with E-state index in [1.54, 1.807) is 0 Å². The summed E-state index contributed by atoms with van der Waals surface area (Å²) in [6, 6.07) is 3.13. The first-order valence-corrected chi connectivity index (χ1v) is 8.92. The van der Waals surface area contributed by atoms with E-state index in [0.717, 1.165) is 49.9 Å². The molecule has 1 aliphatic heterocycles. The van der Waals surface area contributed by atoms with Crippen molar-refractivity contribution < 1.29 is 13.5 Å². The van der Waals surface area contributed by atoms with Crippen molar-refractivity contribution in [2.45, 2.75) is 50.5 Å². The average Bonchev–Trinajstić information content (AvgIpc) is 3.17. The fourth-order valence-electron chi connectivity index (χ4n) is 5.30. The van der Waals surface area contributed by atoms with E-state index < -0.39 is 11.6 Å². The van der Waals surface area contributed by atoms with Gasteiger partial charge in [-0.15, -0.1) is 0 Å². The maximum atomic E-state index is 13.9. The zero-order chi connectivity index (χ0) is 16.0. The second-order valence-corrected chi connectivity index (χ2v) is 7.56. The van der Waals surface area contributed by atoms with Gasteiger partial charge in [-0.2, -0.15) is 0 Å². The predicted molar refractivity (Wildman–Crippen MR) is 85.7 cm³/mol. The number of piperidine rings is 1. The highest BCUT2D eigenvalue weighted by atomic mass is 19.1. The molecule has 0 N–H and O–H groups in total. The number of ether oxygens (including phenoxy) is 1. The van der Waals surface area contributed by atoms with Crippen LogP contribution in [0.4, 0.5) is 8.78 Å². The predicted octanol–water partition coefficient (Wildman–Crippen LogP) is 4.34. The number of likely N-dealkylation sites (tertiary alicyclic amines) is 1. The molecule has 1 aromatic carbocycles. The summed E-state index contributed by atoms with van der Waals surface area (Å²) in [4.78, 5) is 2.64. The van der Waals surface area contributed by atoms with Gasteiger partial charge in [0.1, 0.15) is 5.82 Å². The monoisotopic (exact) mass is 321 g/mol. The van der Waals surface area contributed by atoms with Crippen LogP contribution in [-0.4, -0.2) is 31.1 Å². The maximum Gasteiger partial charge on any atom is 0.168 e. The summed E-state index contributed by atoms with van der Waals surface area (Å²) in [5.74, 6) is 1.19. The molecule has 0 unspecified atom stereocenters. The van der Waals surface area contributed by atoms with E-state index in [9.17, 15) is 8.78 Å². The normalized spacial score (nSPS) is 31.7. The highest BCUT2D eigenvalue weighted by Gasteiger charge is 2.43. The molecule has 3 aliphatic rings. The van der Waals surface area contributed by atoms with Crippen LogP contribution in [0.1, 0.15) is 50.0 Å². The molecule has 23 heavy (non-hydrogen) atoms. The van der Waals surface area contributed by atoms with Crippen molar-refractivity contribution in [3.05, 3.63) is 29.3 Å². The topological polar surface area (TPSA) is 12.5 Å². The van der Waals surface area contributed by atoms with E-state index in [1.807, 2.05) is 0 Å². The molecule has 2 nitrogen and oxygen atoms in total. The average molecular weight is 321 g/mol. The quantitative estimate of drug-likeness (QED) is 0.821. The van der Waals surface area contributed by atoms with Crippen LogP contribution in [0.3, 0.4) is 0 Å². The van der Waals surface area contributed by atoms with Crippen LogP contribution in [0, 0.1) is 23.5 Å². The molecule has 1 aromatic rings. The lowest BCUT2D eigenvalue weighted by molar-refractivity contribution is 0.110. The Morgan fingerprint density at radius 1 is 1.04 bits per heavy atom. The summed E-state index contributed by atoms with van der Waals surface area (Å²) >= 11 is 0. The minimum atomic E-state index is -0.585. The molecule has 2 bridgehead atoms. The van der Waals surface area contributed by atoms with Crippen molar-refractivity contribution in [1.82, 2.24) is 4.90 Å². The third-order valence-electron chi connectivity index (χ3n) is 6.38. The molecule has 1 heterocycles. The van der Waals surface area contributed by atoms with Gasteiger partial charge in [-0.3, -0.25) is 0 Å². The smallest absolute Gasteiger partial charge is 0.168 e. The van der Waals surface area contributed by atoms with Crippen LogP contribution in [0.2, 0.25) is 0 Å². The van der Waals surface area contributed by atoms with Gasteiger partial charge < -0.3 is 9.64 Å². The van der Waals surface area contributed by atoms with E-state index in [4.69, 9.17) is 4.74 Å². The number of methoxy groups -OCH3 is 1. The Hall–Kier alpha value is -1.16. The molecule has 0 spiro atoms. The van der Waals surface area contributed by atoms with Crippen LogP contribution in [-0.2, 0) is 0 Å². The fourth-order valence-corrected chi connectivity index (χ4v) is 5.30. The first-order chi connectivity index (χ1) is 11.2. The number of hydrogen-bond donors (Lipinski definition) is 0. The van der Waals surface area contributed by atoms with Gasteiger partial charge >= 0.3 is 0 Å². The molecule has 1 saturated heterocycles. The summed E-state index contributed by atoms with van der Waals surface area (Å²) in [6.07, 6.45) is 7.55. The minimum Gasteiger partial charge on any atom is -0.493 e. The van der Waals surface area contributed by atoms with Gasteiger partial charge in [0, 0.05) is 17.7 Å². The largest absolute Gasteiger partial charge is 0.493 e. The molecule has 0 radical (unpaired) electrons. The van der Waals surface area contributed by atoms with E-state index in [1.165, 1.54) is 38.9 Å². The second kappa shape index (κ2) is 6.04. The molecule has 2 saturated carbocycles. The van der Waals surface area contributed by atoms with Crippen LogP contribution in [0.15, 0.2) is 12.1 Å². The summed E-state index contributed by atoms with van der Waals surface area (Å²) in [5, 5.41) is 0. The van der Waals surface area contributed by atoms with Crippen LogP contribution in [0.25, 0.3) is 0 Å². The molecule has 4 rings (SSSR count). The summed E-state index contributed by atoms with van der Waals surface area (Å²) in [7, 11) is 1.46. The standard InChI is InChI=1S/C19H25F2NO/c1-23-19-16(10-15(20)11-17(19)21)13-4-6-22(7-5-13)18-9-12-2-3-14(18)8-12/h10-14,18H,2-9H2,1H3/t12-,14-,18-/m0/s1. The third kappa shape index (κ3) is 2.75. The van der Waals surface area contributed by atoms with Gasteiger partial charge in [0.15, 0.2) is 11.6 Å². The Morgan fingerprint density at radius 3 is 2.43 bits per heavy atom. The van der Waals surface area contributed by atoms with Crippen LogP contribution >= 0.6 is 0 Å². The molecule has 3 atom stereocenters. The van der Waals surface area contributed by atoms with Gasteiger partial charge in [-0.1, -0.05) is 6.42 Å². The first-order valence-electron chi connectivity index (χ1n) is 8.92. The van der Waals surface area contributed by atoms with E-state index in [2.05, 4.69) is 4.90 Å². The number of halogens is 2. The molecule has 2 aliphatic carbocycles. The zero-order valence-electron chi connectivity index (χ0n) is 13.7.